The molecule has 0 aliphatic carbocycles. The molecule has 0 unspecified atom stereocenters. The van der Waals surface area contributed by atoms with Crippen molar-refractivity contribution in [1.29, 1.82) is 0 Å². The maximum atomic E-state index is 14.6. The highest BCUT2D eigenvalue weighted by Crippen LogP contribution is 2.68. The van der Waals surface area contributed by atoms with E-state index in [-0.39, 0.29) is 19.6 Å². The van der Waals surface area contributed by atoms with E-state index in [9.17, 15) is 35.1 Å². The lowest BCUT2D eigenvalue weighted by atomic mass is 10.3. The first-order valence-corrected chi connectivity index (χ1v) is 19.0. The van der Waals surface area contributed by atoms with E-state index in [0.717, 1.165) is 120 Å². The van der Waals surface area contributed by atoms with Crippen molar-refractivity contribution in [2.75, 3.05) is 0 Å². The Balaban J connectivity index is 1.35. The van der Waals surface area contributed by atoms with Crippen molar-refractivity contribution >= 4 is 94.1 Å². The lowest BCUT2D eigenvalue weighted by Gasteiger charge is -2.07. The van der Waals surface area contributed by atoms with Gasteiger partial charge in [-0.15, -0.1) is 0 Å². The summed E-state index contributed by atoms with van der Waals surface area (Å²) in [6.07, 6.45) is 0. The van der Waals surface area contributed by atoms with Crippen molar-refractivity contribution in [2.45, 2.75) is 19.6 Å². The minimum atomic E-state index is -0.676. The average Bonchev–Trinajstić information content (AvgIpc) is 3.60. The Morgan fingerprint density at radius 3 is 0.761 bits per heavy atom. The number of thioether (sulfide) groups is 8. The van der Waals surface area contributed by atoms with Gasteiger partial charge in [0.1, 0.15) is 46.5 Å². The number of halogens is 8. The van der Waals surface area contributed by atoms with Gasteiger partial charge in [-0.25, -0.2) is 35.1 Å². The molecule has 0 N–H and O–H groups in total. The molecule has 0 atom stereocenters. The van der Waals surface area contributed by atoms with Gasteiger partial charge in [0, 0.05) is 0 Å². The highest BCUT2D eigenvalue weighted by atomic mass is 32.3. The zero-order valence-electron chi connectivity index (χ0n) is 22.2. The van der Waals surface area contributed by atoms with Gasteiger partial charge in [0.15, 0.2) is 0 Å². The molecular formula is C30H12F8S8. The Morgan fingerprint density at radius 1 is 0.326 bits per heavy atom. The molecule has 2 heterocycles. The molecule has 0 saturated heterocycles. The van der Waals surface area contributed by atoms with E-state index in [4.69, 9.17) is 0 Å². The van der Waals surface area contributed by atoms with Crippen LogP contribution in [-0.2, 0) is 0 Å². The molecule has 2 aliphatic heterocycles. The average molecular weight is 781 g/mol. The van der Waals surface area contributed by atoms with Crippen LogP contribution in [0.4, 0.5) is 35.1 Å². The maximum Gasteiger partial charge on any atom is 0.137 e. The van der Waals surface area contributed by atoms with Gasteiger partial charge in [-0.2, -0.15) is 0 Å². The summed E-state index contributed by atoms with van der Waals surface area (Å²) < 4.78 is 118. The van der Waals surface area contributed by atoms with Gasteiger partial charge in [-0.3, -0.25) is 0 Å². The van der Waals surface area contributed by atoms with Crippen molar-refractivity contribution in [2.24, 2.45) is 0 Å². The molecule has 0 fully saturated rings. The van der Waals surface area contributed by atoms with Gasteiger partial charge in [-0.1, -0.05) is 94.1 Å². The predicted molar refractivity (Wildman–Crippen MR) is 180 cm³/mol. The smallest absolute Gasteiger partial charge is 0.137 e. The summed E-state index contributed by atoms with van der Waals surface area (Å²) >= 11 is 8.41. The van der Waals surface area contributed by atoms with Crippen LogP contribution < -0.4 is 0 Å². The van der Waals surface area contributed by atoms with Crippen LogP contribution in [0.1, 0.15) is 0 Å². The number of hydrogen-bond donors (Lipinski definition) is 0. The molecule has 6 rings (SSSR count). The Kier molecular flexibility index (Phi) is 11.0. The second-order valence-electron chi connectivity index (χ2n) is 8.84. The fourth-order valence-electron chi connectivity index (χ4n) is 3.58. The molecular weight excluding hydrogens is 769 g/mol. The van der Waals surface area contributed by atoms with E-state index < -0.39 is 46.5 Å². The molecule has 0 saturated carbocycles. The molecule has 4 aromatic rings. The van der Waals surface area contributed by atoms with Gasteiger partial charge >= 0.3 is 0 Å². The molecule has 0 nitrogen and oxygen atoms in total. The van der Waals surface area contributed by atoms with E-state index >= 15 is 0 Å². The van der Waals surface area contributed by atoms with Crippen molar-refractivity contribution in [3.05, 3.63) is 145 Å². The van der Waals surface area contributed by atoms with Crippen molar-refractivity contribution in [3.8, 4) is 0 Å². The summed E-state index contributed by atoms with van der Waals surface area (Å²) in [5, 5.41) is 0. The second kappa shape index (κ2) is 14.8. The third-order valence-electron chi connectivity index (χ3n) is 5.63. The predicted octanol–water partition coefficient (Wildman–Crippen LogP) is 13.6. The minimum absolute atomic E-state index is 0.0207. The molecule has 2 aliphatic rings. The standard InChI is InChI=1S/C30H12F8S8/c31-13-1-5-17(35)21(9-13)39-25-26(40-22-10-14(32)2-6-18(22)36)44-29(43-25)30-45-27(41-23-11-15(33)3-7-19(23)37)28(46-30)42-24-12-16(34)4-8-20(24)38/h1-12H. The van der Waals surface area contributed by atoms with E-state index in [0.29, 0.717) is 25.4 Å². The fourth-order valence-corrected chi connectivity index (χ4v) is 15.1. The lowest BCUT2D eigenvalue weighted by Crippen LogP contribution is -1.85. The van der Waals surface area contributed by atoms with Gasteiger partial charge < -0.3 is 0 Å². The molecule has 0 bridgehead atoms. The fraction of sp³-hybridized carbons (Fsp3) is 0. The van der Waals surface area contributed by atoms with E-state index in [1.807, 2.05) is 0 Å². The molecule has 0 amide bonds. The van der Waals surface area contributed by atoms with Gasteiger partial charge in [-0.05, 0) is 72.8 Å². The molecule has 46 heavy (non-hydrogen) atoms. The van der Waals surface area contributed by atoms with Crippen LogP contribution in [0.15, 0.2) is 118 Å². The summed E-state index contributed by atoms with van der Waals surface area (Å²) in [6.45, 7) is 0. The van der Waals surface area contributed by atoms with Crippen LogP contribution in [0, 0.1) is 46.5 Å². The monoisotopic (exact) mass is 780 g/mol. The number of rotatable bonds is 8. The van der Waals surface area contributed by atoms with Crippen LogP contribution in [0.3, 0.4) is 0 Å². The SMILES string of the molecule is Fc1ccc(F)c(SC2=C(Sc3cc(F)ccc3F)SC(=C3SC(Sc4cc(F)ccc4F)=C(Sc4cc(F)ccc4F)S3)S2)c1. The molecule has 16 heteroatoms. The van der Waals surface area contributed by atoms with E-state index in [1.54, 1.807) is 0 Å². The number of benzene rings is 4. The van der Waals surface area contributed by atoms with Gasteiger partial charge in [0.2, 0.25) is 0 Å². The summed E-state index contributed by atoms with van der Waals surface area (Å²) in [5.74, 6) is -5.34. The summed E-state index contributed by atoms with van der Waals surface area (Å²) in [4.78, 5) is -0.0827. The maximum absolute atomic E-state index is 14.6. The van der Waals surface area contributed by atoms with Crippen molar-refractivity contribution in [3.63, 3.8) is 0 Å². The highest BCUT2D eigenvalue weighted by molar-refractivity contribution is 8.45. The lowest BCUT2D eigenvalue weighted by molar-refractivity contribution is 0.577. The number of hydrogen-bond acceptors (Lipinski definition) is 8. The van der Waals surface area contributed by atoms with Gasteiger partial charge in [0.05, 0.1) is 45.0 Å². The van der Waals surface area contributed by atoms with Crippen LogP contribution in [0.5, 0.6) is 0 Å². The summed E-state index contributed by atoms with van der Waals surface area (Å²) in [7, 11) is 0. The first-order valence-electron chi connectivity index (χ1n) is 12.5. The van der Waals surface area contributed by atoms with Crippen LogP contribution in [-0.4, -0.2) is 0 Å². The first kappa shape index (κ1) is 34.2. The Labute approximate surface area is 291 Å². The topological polar surface area (TPSA) is 0 Å². The summed E-state index contributed by atoms with van der Waals surface area (Å²) in [5.41, 5.74) is 0. The Hall–Kier alpha value is -1.66. The molecule has 0 aromatic heterocycles. The Bertz CT molecular complexity index is 1690. The quantitative estimate of drug-likeness (QED) is 0.160. The van der Waals surface area contributed by atoms with E-state index in [2.05, 4.69) is 0 Å². The third kappa shape index (κ3) is 8.13. The normalized spacial score (nSPS) is 15.1. The zero-order valence-corrected chi connectivity index (χ0v) is 28.7. The molecule has 0 spiro atoms. The zero-order chi connectivity index (χ0) is 32.5. The van der Waals surface area contributed by atoms with E-state index in [1.165, 1.54) is 47.0 Å². The highest BCUT2D eigenvalue weighted by Gasteiger charge is 2.33. The molecule has 236 valence electrons. The van der Waals surface area contributed by atoms with Crippen LogP contribution in [0.25, 0.3) is 0 Å². The van der Waals surface area contributed by atoms with Crippen molar-refractivity contribution < 1.29 is 35.1 Å². The molecule has 0 radical (unpaired) electrons. The third-order valence-corrected chi connectivity index (χ3v) is 17.0. The first-order chi connectivity index (χ1) is 22.0. The second-order valence-corrected chi connectivity index (χ2v) is 18.7. The van der Waals surface area contributed by atoms with Crippen LogP contribution in [0.2, 0.25) is 0 Å². The molecule has 4 aromatic carbocycles. The van der Waals surface area contributed by atoms with Crippen LogP contribution >= 0.6 is 94.1 Å². The van der Waals surface area contributed by atoms with Crippen molar-refractivity contribution in [1.82, 2.24) is 0 Å². The summed E-state index contributed by atoms with van der Waals surface area (Å²) in [6, 6.07) is 12.0. The Morgan fingerprint density at radius 2 is 0.543 bits per heavy atom. The minimum Gasteiger partial charge on any atom is -0.207 e. The largest absolute Gasteiger partial charge is 0.207 e. The van der Waals surface area contributed by atoms with Gasteiger partial charge in [0.25, 0.3) is 0 Å².